The van der Waals surface area contributed by atoms with Gasteiger partial charge in [0.1, 0.15) is 5.82 Å². The lowest BCUT2D eigenvalue weighted by Gasteiger charge is -2.01. The van der Waals surface area contributed by atoms with E-state index in [2.05, 4.69) is 17.1 Å². The highest BCUT2D eigenvalue weighted by atomic mass is 32.1. The van der Waals surface area contributed by atoms with Crippen molar-refractivity contribution in [3.05, 3.63) is 63.7 Å². The predicted octanol–water partition coefficient (Wildman–Crippen LogP) is 3.74. The smallest absolute Gasteiger partial charge is 0.282 e. The summed E-state index contributed by atoms with van der Waals surface area (Å²) in [4.78, 5) is 16.9. The zero-order valence-electron chi connectivity index (χ0n) is 12.6. The van der Waals surface area contributed by atoms with Crippen molar-refractivity contribution < 1.29 is 9.18 Å². The molecule has 112 valence electrons. The first-order chi connectivity index (χ1) is 10.5. The van der Waals surface area contributed by atoms with Gasteiger partial charge in [0, 0.05) is 7.05 Å². The van der Waals surface area contributed by atoms with E-state index in [0.29, 0.717) is 4.80 Å². The van der Waals surface area contributed by atoms with Gasteiger partial charge in [0.2, 0.25) is 0 Å². The molecule has 1 heterocycles. The number of aromatic nitrogens is 1. The van der Waals surface area contributed by atoms with Crippen LogP contribution in [-0.2, 0) is 7.05 Å². The van der Waals surface area contributed by atoms with E-state index in [1.807, 2.05) is 25.5 Å². The summed E-state index contributed by atoms with van der Waals surface area (Å²) in [5.74, 6) is -1.11. The van der Waals surface area contributed by atoms with Gasteiger partial charge < -0.3 is 4.57 Å². The third kappa shape index (κ3) is 2.48. The van der Waals surface area contributed by atoms with Gasteiger partial charge in [-0.25, -0.2) is 4.39 Å². The lowest BCUT2D eigenvalue weighted by Crippen LogP contribution is -2.14. The summed E-state index contributed by atoms with van der Waals surface area (Å²) in [5, 5.41) is 0. The molecule has 0 bridgehead atoms. The van der Waals surface area contributed by atoms with Crippen LogP contribution < -0.4 is 4.80 Å². The molecule has 0 atom stereocenters. The Hall–Kier alpha value is -2.27. The van der Waals surface area contributed by atoms with Crippen LogP contribution in [-0.4, -0.2) is 10.5 Å². The lowest BCUT2D eigenvalue weighted by molar-refractivity contribution is 0.0994. The lowest BCUT2D eigenvalue weighted by atomic mass is 10.1. The minimum absolute atomic E-state index is 0.00661. The number of carbonyl (C=O) groups excluding carboxylic acids is 1. The average molecular weight is 314 g/mol. The first-order valence-corrected chi connectivity index (χ1v) is 7.69. The quantitative estimate of drug-likeness (QED) is 0.674. The highest BCUT2D eigenvalue weighted by Crippen LogP contribution is 2.22. The number of hydrogen-bond donors (Lipinski definition) is 0. The van der Waals surface area contributed by atoms with Crippen molar-refractivity contribution in [3.63, 3.8) is 0 Å². The average Bonchev–Trinajstić information content (AvgIpc) is 2.75. The molecule has 3 nitrogen and oxygen atoms in total. The maximum atomic E-state index is 13.7. The summed E-state index contributed by atoms with van der Waals surface area (Å²) >= 11 is 1.43. The molecule has 3 aromatic rings. The molecule has 0 unspecified atom stereocenters. The van der Waals surface area contributed by atoms with E-state index < -0.39 is 11.7 Å². The predicted molar refractivity (Wildman–Crippen MR) is 86.6 cm³/mol. The van der Waals surface area contributed by atoms with Crippen LogP contribution in [0, 0.1) is 19.7 Å². The fraction of sp³-hybridized carbons (Fsp3) is 0.176. The summed E-state index contributed by atoms with van der Waals surface area (Å²) in [5.41, 5.74) is 3.34. The summed E-state index contributed by atoms with van der Waals surface area (Å²) in [6, 6.07) is 10.1. The van der Waals surface area contributed by atoms with Crippen LogP contribution in [0.5, 0.6) is 0 Å². The molecule has 1 amide bonds. The van der Waals surface area contributed by atoms with Crippen molar-refractivity contribution in [1.82, 2.24) is 4.57 Å². The van der Waals surface area contributed by atoms with E-state index in [0.717, 1.165) is 15.8 Å². The molecule has 22 heavy (non-hydrogen) atoms. The first kappa shape index (κ1) is 14.7. The topological polar surface area (TPSA) is 34.4 Å². The fourth-order valence-electron chi connectivity index (χ4n) is 2.57. The molecule has 0 aliphatic rings. The number of aryl methyl sites for hydroxylation is 3. The number of halogens is 1. The molecule has 0 N–H and O–H groups in total. The van der Waals surface area contributed by atoms with E-state index in [4.69, 9.17) is 0 Å². The van der Waals surface area contributed by atoms with Gasteiger partial charge in [-0.1, -0.05) is 29.5 Å². The molecule has 0 fully saturated rings. The Kier molecular flexibility index (Phi) is 3.66. The molecule has 0 aliphatic carbocycles. The molecule has 0 radical (unpaired) electrons. The summed E-state index contributed by atoms with van der Waals surface area (Å²) in [7, 11) is 1.87. The number of fused-ring (bicyclic) bond motifs is 1. The van der Waals surface area contributed by atoms with Crippen molar-refractivity contribution in [2.45, 2.75) is 13.8 Å². The van der Waals surface area contributed by atoms with Crippen molar-refractivity contribution in [1.29, 1.82) is 0 Å². The zero-order chi connectivity index (χ0) is 15.9. The van der Waals surface area contributed by atoms with E-state index in [9.17, 15) is 9.18 Å². The van der Waals surface area contributed by atoms with Gasteiger partial charge in [-0.15, -0.1) is 0 Å². The largest absolute Gasteiger partial charge is 0.319 e. The maximum Gasteiger partial charge on any atom is 0.282 e. The number of amides is 1. The van der Waals surface area contributed by atoms with Crippen molar-refractivity contribution in [3.8, 4) is 0 Å². The van der Waals surface area contributed by atoms with E-state index >= 15 is 0 Å². The Labute approximate surface area is 131 Å². The minimum atomic E-state index is -0.561. The van der Waals surface area contributed by atoms with Crippen LogP contribution in [0.4, 0.5) is 4.39 Å². The number of nitrogens with zero attached hydrogens (tertiary/aromatic N) is 2. The van der Waals surface area contributed by atoms with Gasteiger partial charge in [-0.3, -0.25) is 4.79 Å². The fourth-order valence-corrected chi connectivity index (χ4v) is 3.76. The molecular weight excluding hydrogens is 299 g/mol. The zero-order valence-corrected chi connectivity index (χ0v) is 13.4. The summed E-state index contributed by atoms with van der Waals surface area (Å²) in [6.45, 7) is 4.07. The molecule has 3 rings (SSSR count). The standard InChI is InChI=1S/C17H15FN2OS/c1-10-8-11(2)15-14(9-10)22-17(20(15)3)19-16(21)12-6-4-5-7-13(12)18/h4-9H,1-3H3. The van der Waals surface area contributed by atoms with Gasteiger partial charge in [0.05, 0.1) is 15.8 Å². The third-order valence-corrected chi connectivity index (χ3v) is 4.61. The van der Waals surface area contributed by atoms with Crippen molar-refractivity contribution in [2.75, 3.05) is 0 Å². The van der Waals surface area contributed by atoms with Gasteiger partial charge in [0.15, 0.2) is 4.80 Å². The highest BCUT2D eigenvalue weighted by molar-refractivity contribution is 7.16. The van der Waals surface area contributed by atoms with Crippen LogP contribution in [0.1, 0.15) is 21.5 Å². The first-order valence-electron chi connectivity index (χ1n) is 6.88. The van der Waals surface area contributed by atoms with Gasteiger partial charge in [-0.2, -0.15) is 4.99 Å². The summed E-state index contributed by atoms with van der Waals surface area (Å²) in [6.07, 6.45) is 0. The van der Waals surface area contributed by atoms with Crippen molar-refractivity contribution >= 4 is 27.5 Å². The molecule has 0 spiro atoms. The number of benzene rings is 2. The molecule has 5 heteroatoms. The minimum Gasteiger partial charge on any atom is -0.319 e. The van der Waals surface area contributed by atoms with E-state index in [1.165, 1.54) is 29.0 Å². The van der Waals surface area contributed by atoms with Gasteiger partial charge in [-0.05, 0) is 43.2 Å². The Balaban J connectivity index is 2.18. The maximum absolute atomic E-state index is 13.7. The third-order valence-electron chi connectivity index (χ3n) is 3.53. The number of thiazole rings is 1. The van der Waals surface area contributed by atoms with Gasteiger partial charge >= 0.3 is 0 Å². The Morgan fingerprint density at radius 1 is 1.23 bits per heavy atom. The van der Waals surface area contributed by atoms with E-state index in [-0.39, 0.29) is 5.56 Å². The number of carbonyl (C=O) groups is 1. The Morgan fingerprint density at radius 3 is 2.68 bits per heavy atom. The van der Waals surface area contributed by atoms with Crippen LogP contribution in [0.25, 0.3) is 10.2 Å². The Morgan fingerprint density at radius 2 is 1.95 bits per heavy atom. The second-order valence-corrected chi connectivity index (χ2v) is 6.28. The van der Waals surface area contributed by atoms with Crippen LogP contribution in [0.3, 0.4) is 0 Å². The number of rotatable bonds is 1. The van der Waals surface area contributed by atoms with Crippen LogP contribution in [0.15, 0.2) is 41.4 Å². The molecular formula is C17H15FN2OS. The highest BCUT2D eigenvalue weighted by Gasteiger charge is 2.12. The molecule has 2 aromatic carbocycles. The molecule has 0 saturated heterocycles. The van der Waals surface area contributed by atoms with E-state index in [1.54, 1.807) is 12.1 Å². The summed E-state index contributed by atoms with van der Waals surface area (Å²) < 4.78 is 16.6. The number of hydrogen-bond acceptors (Lipinski definition) is 2. The second-order valence-electron chi connectivity index (χ2n) is 5.27. The van der Waals surface area contributed by atoms with Crippen LogP contribution in [0.2, 0.25) is 0 Å². The second kappa shape index (κ2) is 5.50. The molecule has 0 saturated carbocycles. The normalized spacial score (nSPS) is 12.1. The van der Waals surface area contributed by atoms with Crippen LogP contribution >= 0.6 is 11.3 Å². The van der Waals surface area contributed by atoms with Crippen molar-refractivity contribution in [2.24, 2.45) is 12.0 Å². The SMILES string of the molecule is Cc1cc(C)c2c(c1)sc(=NC(=O)c1ccccc1F)n2C. The molecule has 1 aromatic heterocycles. The Bertz CT molecular complexity index is 953. The molecule has 0 aliphatic heterocycles. The monoisotopic (exact) mass is 314 g/mol. The van der Waals surface area contributed by atoms with Gasteiger partial charge in [0.25, 0.3) is 5.91 Å².